The van der Waals surface area contributed by atoms with Crippen molar-refractivity contribution in [1.29, 1.82) is 0 Å². The van der Waals surface area contributed by atoms with Crippen LogP contribution in [0.3, 0.4) is 0 Å². The van der Waals surface area contributed by atoms with Gasteiger partial charge >= 0.3 is 5.69 Å². The second-order valence-corrected chi connectivity index (χ2v) is 8.90. The van der Waals surface area contributed by atoms with Crippen molar-refractivity contribution in [3.8, 4) is 0 Å². The number of nitrogens with zero attached hydrogens (tertiary/aromatic N) is 4. The van der Waals surface area contributed by atoms with Gasteiger partial charge in [-0.25, -0.2) is 4.79 Å². The standard InChI is InChI=1S/C20H14Cl2N4O5S/c1-23-15-5-11(14(26(30)31)8-16(15)24(2)19(23)28)6-17-18(27)25(20(29)32-17)9-10-3-4-12(21)7-13(10)22/h3-8H,9H2,1-2H3/b17-6-. The lowest BCUT2D eigenvalue weighted by Gasteiger charge is -2.13. The first-order chi connectivity index (χ1) is 15.1. The minimum Gasteiger partial charge on any atom is -0.295 e. The number of benzene rings is 2. The number of rotatable bonds is 4. The molecule has 2 amide bonds. The van der Waals surface area contributed by atoms with Crippen LogP contribution in [0.1, 0.15) is 11.1 Å². The first kappa shape index (κ1) is 22.1. The largest absolute Gasteiger partial charge is 0.328 e. The van der Waals surface area contributed by atoms with Gasteiger partial charge in [-0.3, -0.25) is 33.7 Å². The molecule has 1 fully saturated rings. The number of imide groups is 1. The molecule has 9 nitrogen and oxygen atoms in total. The molecule has 0 saturated carbocycles. The lowest BCUT2D eigenvalue weighted by Crippen LogP contribution is -2.27. The van der Waals surface area contributed by atoms with E-state index in [1.54, 1.807) is 19.2 Å². The smallest absolute Gasteiger partial charge is 0.295 e. The maximum atomic E-state index is 12.9. The van der Waals surface area contributed by atoms with Gasteiger partial charge in [0.2, 0.25) is 0 Å². The van der Waals surface area contributed by atoms with Gasteiger partial charge in [0, 0.05) is 30.2 Å². The van der Waals surface area contributed by atoms with Crippen LogP contribution >= 0.6 is 35.0 Å². The summed E-state index contributed by atoms with van der Waals surface area (Å²) in [6, 6.07) is 7.46. The number of aromatic nitrogens is 2. The average molecular weight is 493 g/mol. The van der Waals surface area contributed by atoms with Gasteiger partial charge in [0.25, 0.3) is 16.8 Å². The summed E-state index contributed by atoms with van der Waals surface area (Å²) in [6.07, 6.45) is 1.30. The van der Waals surface area contributed by atoms with Crippen LogP contribution in [0, 0.1) is 10.1 Å². The van der Waals surface area contributed by atoms with Crippen LogP contribution < -0.4 is 5.69 Å². The molecule has 0 N–H and O–H groups in total. The Labute approximate surface area is 195 Å². The third-order valence-corrected chi connectivity index (χ3v) is 6.62. The zero-order valence-electron chi connectivity index (χ0n) is 16.7. The Morgan fingerprint density at radius 3 is 2.34 bits per heavy atom. The first-order valence-corrected chi connectivity index (χ1v) is 10.7. The van der Waals surface area contributed by atoms with Crippen molar-refractivity contribution in [1.82, 2.24) is 14.0 Å². The van der Waals surface area contributed by atoms with E-state index in [1.165, 1.54) is 40.5 Å². The van der Waals surface area contributed by atoms with E-state index < -0.39 is 16.1 Å². The topological polar surface area (TPSA) is 107 Å². The fourth-order valence-corrected chi connectivity index (χ4v) is 4.72. The molecule has 2 aromatic carbocycles. The summed E-state index contributed by atoms with van der Waals surface area (Å²) in [5.74, 6) is -0.595. The molecule has 32 heavy (non-hydrogen) atoms. The lowest BCUT2D eigenvalue weighted by atomic mass is 10.1. The van der Waals surface area contributed by atoms with E-state index in [2.05, 4.69) is 0 Å². The van der Waals surface area contributed by atoms with Gasteiger partial charge < -0.3 is 0 Å². The first-order valence-electron chi connectivity index (χ1n) is 9.11. The summed E-state index contributed by atoms with van der Waals surface area (Å²) in [7, 11) is 3.06. The van der Waals surface area contributed by atoms with Gasteiger partial charge in [0.05, 0.1) is 33.0 Å². The van der Waals surface area contributed by atoms with Crippen molar-refractivity contribution in [3.63, 3.8) is 0 Å². The summed E-state index contributed by atoms with van der Waals surface area (Å²) in [5.41, 5.74) is 0.858. The Morgan fingerprint density at radius 1 is 1.06 bits per heavy atom. The third kappa shape index (κ3) is 3.70. The summed E-state index contributed by atoms with van der Waals surface area (Å²) in [6.45, 7) is -0.0632. The predicted octanol–water partition coefficient (Wildman–Crippen LogP) is 4.33. The van der Waals surface area contributed by atoms with Crippen LogP contribution in [0.2, 0.25) is 10.0 Å². The Balaban J connectivity index is 1.75. The number of halogens is 2. The van der Waals surface area contributed by atoms with Crippen LogP contribution in [-0.4, -0.2) is 30.1 Å². The highest BCUT2D eigenvalue weighted by Gasteiger charge is 2.36. The van der Waals surface area contributed by atoms with Crippen LogP contribution in [-0.2, 0) is 25.4 Å². The van der Waals surface area contributed by atoms with Gasteiger partial charge in [-0.15, -0.1) is 0 Å². The second kappa shape index (κ2) is 8.12. The summed E-state index contributed by atoms with van der Waals surface area (Å²) in [5, 5.41) is 11.9. The normalized spacial score (nSPS) is 15.4. The van der Waals surface area contributed by atoms with Crippen molar-refractivity contribution in [2.45, 2.75) is 6.54 Å². The van der Waals surface area contributed by atoms with Gasteiger partial charge in [-0.05, 0) is 41.6 Å². The molecule has 1 aliphatic heterocycles. The monoisotopic (exact) mass is 492 g/mol. The molecule has 164 valence electrons. The molecule has 3 aromatic rings. The molecular formula is C20H14Cl2N4O5S. The molecule has 0 unspecified atom stereocenters. The maximum Gasteiger partial charge on any atom is 0.328 e. The van der Waals surface area contributed by atoms with Gasteiger partial charge in [-0.1, -0.05) is 29.3 Å². The highest BCUT2D eigenvalue weighted by Crippen LogP contribution is 2.36. The minimum atomic E-state index is -0.597. The molecule has 0 atom stereocenters. The van der Waals surface area contributed by atoms with E-state index in [9.17, 15) is 24.5 Å². The van der Waals surface area contributed by atoms with Crippen molar-refractivity contribution in [2.75, 3.05) is 0 Å². The Kier molecular flexibility index (Phi) is 5.61. The number of fused-ring (bicyclic) bond motifs is 1. The van der Waals surface area contributed by atoms with Gasteiger partial charge in [0.15, 0.2) is 0 Å². The van der Waals surface area contributed by atoms with Gasteiger partial charge in [-0.2, -0.15) is 0 Å². The van der Waals surface area contributed by atoms with Crippen LogP contribution in [0.4, 0.5) is 10.5 Å². The maximum absolute atomic E-state index is 12.9. The Morgan fingerprint density at radius 2 is 1.72 bits per heavy atom. The third-order valence-electron chi connectivity index (χ3n) is 5.12. The summed E-state index contributed by atoms with van der Waals surface area (Å²) >= 11 is 12.7. The minimum absolute atomic E-state index is 0.0310. The number of nitro benzene ring substituents is 1. The number of hydrogen-bond acceptors (Lipinski definition) is 6. The van der Waals surface area contributed by atoms with E-state index in [-0.39, 0.29) is 28.4 Å². The molecule has 2 heterocycles. The highest BCUT2D eigenvalue weighted by atomic mass is 35.5. The molecule has 0 bridgehead atoms. The molecule has 0 spiro atoms. The number of hydrogen-bond donors (Lipinski definition) is 0. The van der Waals surface area contributed by atoms with Crippen LogP contribution in [0.25, 0.3) is 17.1 Å². The fourth-order valence-electron chi connectivity index (χ4n) is 3.42. The summed E-state index contributed by atoms with van der Waals surface area (Å²) < 4.78 is 2.65. The Bertz CT molecular complexity index is 1430. The van der Waals surface area contributed by atoms with Crippen LogP contribution in [0.15, 0.2) is 40.0 Å². The molecule has 1 saturated heterocycles. The second-order valence-electron chi connectivity index (χ2n) is 7.06. The molecular weight excluding hydrogens is 479 g/mol. The molecule has 0 radical (unpaired) electrons. The number of aryl methyl sites for hydroxylation is 2. The SMILES string of the molecule is Cn1c(=O)n(C)c2cc([N+](=O)[O-])c(/C=C3\SC(=O)N(Cc4ccc(Cl)cc4Cl)C3=O)cc21. The van der Waals surface area contributed by atoms with E-state index >= 15 is 0 Å². The number of imidazole rings is 1. The number of carbonyl (C=O) groups is 2. The van der Waals surface area contributed by atoms with E-state index in [0.29, 0.717) is 38.4 Å². The molecule has 4 rings (SSSR count). The number of thioether (sulfide) groups is 1. The summed E-state index contributed by atoms with van der Waals surface area (Å²) in [4.78, 5) is 49.7. The quantitative estimate of drug-likeness (QED) is 0.304. The lowest BCUT2D eigenvalue weighted by molar-refractivity contribution is -0.385. The van der Waals surface area contributed by atoms with Crippen molar-refractivity contribution >= 4 is 68.9 Å². The van der Waals surface area contributed by atoms with Crippen molar-refractivity contribution in [2.24, 2.45) is 14.1 Å². The average Bonchev–Trinajstić information content (AvgIpc) is 3.11. The van der Waals surface area contributed by atoms with Crippen molar-refractivity contribution < 1.29 is 14.5 Å². The fraction of sp³-hybridized carbons (Fsp3) is 0.150. The van der Waals surface area contributed by atoms with Crippen molar-refractivity contribution in [3.05, 3.63) is 77.0 Å². The number of nitro groups is 1. The number of amides is 2. The zero-order chi connectivity index (χ0) is 23.3. The van der Waals surface area contributed by atoms with E-state index in [0.717, 1.165) is 4.90 Å². The predicted molar refractivity (Wildman–Crippen MR) is 123 cm³/mol. The molecule has 1 aromatic heterocycles. The molecule has 0 aliphatic carbocycles. The van der Waals surface area contributed by atoms with Gasteiger partial charge in [0.1, 0.15) is 0 Å². The molecule has 12 heteroatoms. The zero-order valence-corrected chi connectivity index (χ0v) is 19.0. The van der Waals surface area contributed by atoms with E-state index in [1.807, 2.05) is 0 Å². The van der Waals surface area contributed by atoms with E-state index in [4.69, 9.17) is 23.2 Å². The van der Waals surface area contributed by atoms with Crippen LogP contribution in [0.5, 0.6) is 0 Å². The highest BCUT2D eigenvalue weighted by molar-refractivity contribution is 8.18. The Hall–Kier alpha value is -3.08. The number of carbonyl (C=O) groups excluding carboxylic acids is 2. The molecule has 1 aliphatic rings.